The number of hydrogen-bond donors (Lipinski definition) is 1. The molecule has 0 atom stereocenters. The summed E-state index contributed by atoms with van der Waals surface area (Å²) in [4.78, 5) is 12.9. The van der Waals surface area contributed by atoms with E-state index in [1.807, 2.05) is 36.4 Å². The van der Waals surface area contributed by atoms with Crippen LogP contribution < -0.4 is 5.56 Å². The molecule has 3 rings (SSSR count). The fourth-order valence-corrected chi connectivity index (χ4v) is 3.13. The summed E-state index contributed by atoms with van der Waals surface area (Å²) in [7, 11) is 0. The predicted molar refractivity (Wildman–Crippen MR) is 108 cm³/mol. The van der Waals surface area contributed by atoms with E-state index in [4.69, 9.17) is 23.2 Å². The summed E-state index contributed by atoms with van der Waals surface area (Å²) in [6.45, 7) is 1.60. The van der Waals surface area contributed by atoms with Crippen LogP contribution in [0.5, 0.6) is 5.88 Å². The molecule has 0 spiro atoms. The highest BCUT2D eigenvalue weighted by atomic mass is 35.5. The third-order valence-corrected chi connectivity index (χ3v) is 4.75. The molecule has 0 amide bonds. The van der Waals surface area contributed by atoms with E-state index in [0.29, 0.717) is 0 Å². The molecule has 1 N–H and O–H groups in total. The number of nitriles is 1. The van der Waals surface area contributed by atoms with Crippen LogP contribution in [0.2, 0.25) is 10.0 Å². The van der Waals surface area contributed by atoms with Gasteiger partial charge >= 0.3 is 0 Å². The predicted octanol–water partition coefficient (Wildman–Crippen LogP) is 5.50. The summed E-state index contributed by atoms with van der Waals surface area (Å²) in [6, 6.07) is 15.9. The van der Waals surface area contributed by atoms with Gasteiger partial charge in [0.15, 0.2) is 5.69 Å². The first kappa shape index (κ1) is 19.6. The van der Waals surface area contributed by atoms with Gasteiger partial charge in [-0.25, -0.2) is 0 Å². The van der Waals surface area contributed by atoms with Crippen molar-refractivity contribution in [3.8, 4) is 11.9 Å². The number of benzene rings is 2. The number of halogens is 2. The van der Waals surface area contributed by atoms with Gasteiger partial charge in [0.25, 0.3) is 5.56 Å². The van der Waals surface area contributed by atoms with Crippen LogP contribution in [0.1, 0.15) is 16.7 Å². The summed E-state index contributed by atoms with van der Waals surface area (Å²) in [5.41, 5.74) is 0.525. The van der Waals surface area contributed by atoms with E-state index in [2.05, 4.69) is 10.2 Å². The first-order valence-corrected chi connectivity index (χ1v) is 8.95. The lowest BCUT2D eigenvalue weighted by Gasteiger charge is -2.13. The van der Waals surface area contributed by atoms with Crippen molar-refractivity contribution in [2.24, 2.45) is 10.2 Å². The van der Waals surface area contributed by atoms with Gasteiger partial charge in [0.1, 0.15) is 17.3 Å². The lowest BCUT2D eigenvalue weighted by molar-refractivity contribution is 0.412. The van der Waals surface area contributed by atoms with Crippen LogP contribution in [-0.2, 0) is 6.54 Å². The van der Waals surface area contributed by atoms with Crippen molar-refractivity contribution < 1.29 is 5.11 Å². The van der Waals surface area contributed by atoms with Crippen molar-refractivity contribution in [2.75, 3.05) is 0 Å². The third kappa shape index (κ3) is 3.77. The van der Waals surface area contributed by atoms with Crippen molar-refractivity contribution in [3.05, 3.63) is 85.6 Å². The molecule has 8 heteroatoms. The molecule has 6 nitrogen and oxygen atoms in total. The van der Waals surface area contributed by atoms with E-state index in [-0.39, 0.29) is 39.1 Å². The lowest BCUT2D eigenvalue weighted by atomic mass is 10.1. The molecule has 28 heavy (non-hydrogen) atoms. The molecule has 0 saturated heterocycles. The molecule has 0 aliphatic rings. The maximum Gasteiger partial charge on any atom is 0.281 e. The van der Waals surface area contributed by atoms with Crippen molar-refractivity contribution in [3.63, 3.8) is 0 Å². The number of azo groups is 1. The second kappa shape index (κ2) is 8.26. The molecule has 0 radical (unpaired) electrons. The molecule has 0 unspecified atom stereocenters. The fourth-order valence-electron chi connectivity index (χ4n) is 2.65. The number of rotatable bonds is 4. The Morgan fingerprint density at radius 1 is 1.04 bits per heavy atom. The summed E-state index contributed by atoms with van der Waals surface area (Å²) >= 11 is 12.2. The number of pyridine rings is 1. The number of nitrogens with zero attached hydrogens (tertiary/aromatic N) is 4. The highest BCUT2D eigenvalue weighted by molar-refractivity contribution is 6.38. The van der Waals surface area contributed by atoms with Gasteiger partial charge in [-0.15, -0.1) is 10.2 Å². The molecule has 0 aliphatic heterocycles. The summed E-state index contributed by atoms with van der Waals surface area (Å²) in [5, 5.41) is 28.4. The quantitative estimate of drug-likeness (QED) is 0.572. The molecule has 140 valence electrons. The van der Waals surface area contributed by atoms with E-state index >= 15 is 0 Å². The molecule has 3 aromatic rings. The normalized spacial score (nSPS) is 10.9. The van der Waals surface area contributed by atoms with Gasteiger partial charge in [0.2, 0.25) is 5.88 Å². The van der Waals surface area contributed by atoms with Crippen molar-refractivity contribution in [1.29, 1.82) is 5.26 Å². The Labute approximate surface area is 170 Å². The minimum absolute atomic E-state index is 0.0465. The highest BCUT2D eigenvalue weighted by Gasteiger charge is 2.19. The van der Waals surface area contributed by atoms with E-state index in [9.17, 15) is 15.2 Å². The lowest BCUT2D eigenvalue weighted by Crippen LogP contribution is -2.22. The van der Waals surface area contributed by atoms with Crippen LogP contribution in [-0.4, -0.2) is 9.67 Å². The molecule has 1 heterocycles. The Morgan fingerprint density at radius 2 is 1.64 bits per heavy atom. The summed E-state index contributed by atoms with van der Waals surface area (Å²) in [5.74, 6) is -0.413. The first-order chi connectivity index (χ1) is 13.4. The number of hydrogen-bond acceptors (Lipinski definition) is 5. The Hall–Kier alpha value is -3.14. The van der Waals surface area contributed by atoms with E-state index in [1.165, 1.54) is 6.92 Å². The van der Waals surface area contributed by atoms with Gasteiger partial charge in [-0.2, -0.15) is 5.26 Å². The molecule has 0 fully saturated rings. The molecular formula is C20H14Cl2N4O2. The minimum atomic E-state index is -0.579. The molecular weight excluding hydrogens is 399 g/mol. The topological polar surface area (TPSA) is 90.7 Å². The van der Waals surface area contributed by atoms with Gasteiger partial charge in [-0.3, -0.25) is 9.36 Å². The number of aromatic nitrogens is 1. The zero-order valence-electron chi connectivity index (χ0n) is 14.7. The zero-order valence-corrected chi connectivity index (χ0v) is 16.2. The molecule has 1 aromatic heterocycles. The van der Waals surface area contributed by atoms with Crippen LogP contribution in [0, 0.1) is 18.3 Å². The molecule has 0 bridgehead atoms. The van der Waals surface area contributed by atoms with Crippen molar-refractivity contribution in [1.82, 2.24) is 4.57 Å². The minimum Gasteiger partial charge on any atom is -0.493 e. The average molecular weight is 413 g/mol. The molecule has 0 saturated carbocycles. The summed E-state index contributed by atoms with van der Waals surface area (Å²) < 4.78 is 1.09. The second-order valence-corrected chi connectivity index (χ2v) is 6.75. The third-order valence-electron chi connectivity index (χ3n) is 4.14. The van der Waals surface area contributed by atoms with Crippen LogP contribution in [0.4, 0.5) is 11.4 Å². The Balaban J connectivity index is 2.16. The van der Waals surface area contributed by atoms with Gasteiger partial charge in [-0.05, 0) is 24.6 Å². The summed E-state index contributed by atoms with van der Waals surface area (Å²) in [6.07, 6.45) is 0. The second-order valence-electron chi connectivity index (χ2n) is 5.93. The van der Waals surface area contributed by atoms with Crippen LogP contribution in [0.25, 0.3) is 0 Å². The van der Waals surface area contributed by atoms with Gasteiger partial charge in [0.05, 0.1) is 16.6 Å². The maximum absolute atomic E-state index is 12.9. The van der Waals surface area contributed by atoms with Gasteiger partial charge in [-0.1, -0.05) is 59.6 Å². The van der Waals surface area contributed by atoms with Gasteiger partial charge < -0.3 is 5.11 Å². The van der Waals surface area contributed by atoms with Crippen molar-refractivity contribution in [2.45, 2.75) is 13.5 Å². The smallest absolute Gasteiger partial charge is 0.281 e. The fraction of sp³-hybridized carbons (Fsp3) is 0.100. The Kier molecular flexibility index (Phi) is 5.78. The monoisotopic (exact) mass is 412 g/mol. The van der Waals surface area contributed by atoms with Crippen LogP contribution >= 0.6 is 23.2 Å². The molecule has 0 aliphatic carbocycles. The standard InChI is InChI=1S/C20H14Cl2N4O2/c1-12-14(10-23)19(27)26(11-13-6-3-2-4-7-13)20(28)17(12)24-25-18-15(21)8-5-9-16(18)22/h2-9,27H,11H2,1H3. The maximum atomic E-state index is 12.9. The number of aromatic hydroxyl groups is 1. The van der Waals surface area contributed by atoms with Crippen LogP contribution in [0.15, 0.2) is 63.6 Å². The zero-order chi connectivity index (χ0) is 20.3. The average Bonchev–Trinajstić information content (AvgIpc) is 2.68. The van der Waals surface area contributed by atoms with E-state index < -0.39 is 11.4 Å². The first-order valence-electron chi connectivity index (χ1n) is 8.20. The largest absolute Gasteiger partial charge is 0.493 e. The Morgan fingerprint density at radius 3 is 2.25 bits per heavy atom. The Bertz CT molecular complexity index is 1150. The van der Waals surface area contributed by atoms with Crippen LogP contribution in [0.3, 0.4) is 0 Å². The SMILES string of the molecule is Cc1c(C#N)c(O)n(Cc2ccccc2)c(=O)c1N=Nc1c(Cl)cccc1Cl. The van der Waals surface area contributed by atoms with Crippen molar-refractivity contribution >= 4 is 34.6 Å². The van der Waals surface area contributed by atoms with E-state index in [0.717, 1.165) is 10.1 Å². The van der Waals surface area contributed by atoms with E-state index in [1.54, 1.807) is 18.2 Å². The molecule has 2 aromatic carbocycles. The van der Waals surface area contributed by atoms with Gasteiger partial charge in [0, 0.05) is 5.56 Å². The highest BCUT2D eigenvalue weighted by Crippen LogP contribution is 2.34.